The maximum atomic E-state index is 11.7. The molecule has 0 N–H and O–H groups in total. The fraction of sp³-hybridized carbons (Fsp3) is 0.818. The molecule has 0 aliphatic carbocycles. The van der Waals surface area contributed by atoms with Crippen LogP contribution in [-0.4, -0.2) is 43.2 Å². The number of hydrogen-bond acceptors (Lipinski definition) is 3. The first-order chi connectivity index (χ1) is 7.29. The van der Waals surface area contributed by atoms with E-state index < -0.39 is 5.60 Å². The van der Waals surface area contributed by atoms with E-state index >= 15 is 0 Å². The Morgan fingerprint density at radius 3 is 2.50 bits per heavy atom. The van der Waals surface area contributed by atoms with Crippen molar-refractivity contribution in [1.29, 1.82) is 0 Å². The van der Waals surface area contributed by atoms with Crippen molar-refractivity contribution in [2.75, 3.05) is 13.1 Å². The molecule has 1 amide bonds. The molecule has 0 bridgehead atoms. The lowest BCUT2D eigenvalue weighted by molar-refractivity contribution is -0.116. The molecule has 88 valence electrons. The quantitative estimate of drug-likeness (QED) is 0.630. The second kappa shape index (κ2) is 4.89. The molecule has 0 spiro atoms. The van der Waals surface area contributed by atoms with Crippen LogP contribution >= 0.6 is 0 Å². The standard InChI is InChI=1S/C11H18BNO3/c1-11(2,3)16-10(15)13-6-4-5-8(7-13)9(12)14/h8H,4-7H2,1-3H3. The van der Waals surface area contributed by atoms with Gasteiger partial charge in [-0.05, 0) is 33.6 Å². The van der Waals surface area contributed by atoms with Gasteiger partial charge in [0, 0.05) is 19.0 Å². The Hall–Kier alpha value is -0.995. The van der Waals surface area contributed by atoms with E-state index in [1.807, 2.05) is 20.8 Å². The fourth-order valence-corrected chi connectivity index (χ4v) is 1.70. The van der Waals surface area contributed by atoms with Gasteiger partial charge in [0.15, 0.2) is 7.85 Å². The summed E-state index contributed by atoms with van der Waals surface area (Å²) >= 11 is 0. The number of amides is 1. The van der Waals surface area contributed by atoms with Gasteiger partial charge in [-0.2, -0.15) is 0 Å². The van der Waals surface area contributed by atoms with Crippen LogP contribution in [0.4, 0.5) is 4.79 Å². The largest absolute Gasteiger partial charge is 0.444 e. The minimum atomic E-state index is -0.503. The lowest BCUT2D eigenvalue weighted by Gasteiger charge is -2.33. The van der Waals surface area contributed by atoms with E-state index in [1.54, 1.807) is 4.90 Å². The van der Waals surface area contributed by atoms with Crippen molar-refractivity contribution < 1.29 is 14.3 Å². The average Bonchev–Trinajstić information content (AvgIpc) is 2.15. The van der Waals surface area contributed by atoms with Gasteiger partial charge >= 0.3 is 6.09 Å². The maximum absolute atomic E-state index is 11.7. The van der Waals surface area contributed by atoms with Gasteiger partial charge in [-0.3, -0.25) is 0 Å². The van der Waals surface area contributed by atoms with Crippen LogP contribution in [-0.2, 0) is 9.53 Å². The molecule has 16 heavy (non-hydrogen) atoms. The Morgan fingerprint density at radius 1 is 1.38 bits per heavy atom. The third kappa shape index (κ3) is 3.87. The molecular formula is C11H18BNO3. The topological polar surface area (TPSA) is 46.6 Å². The number of ether oxygens (including phenoxy) is 1. The number of nitrogens with zero attached hydrogens (tertiary/aromatic N) is 1. The molecule has 1 unspecified atom stereocenters. The third-order valence-corrected chi connectivity index (χ3v) is 2.48. The van der Waals surface area contributed by atoms with Crippen LogP contribution < -0.4 is 0 Å². The molecule has 1 rings (SSSR count). The number of carbonyl (C=O) groups is 2. The SMILES string of the molecule is [B]C(=O)C1CCCN(C(=O)OC(C)(C)C)C1. The van der Waals surface area contributed by atoms with Crippen molar-refractivity contribution >= 4 is 19.6 Å². The van der Waals surface area contributed by atoms with Gasteiger partial charge in [0.25, 0.3) is 0 Å². The first-order valence-corrected chi connectivity index (χ1v) is 5.57. The first-order valence-electron chi connectivity index (χ1n) is 5.57. The zero-order valence-electron chi connectivity index (χ0n) is 10.2. The molecule has 1 fully saturated rings. The van der Waals surface area contributed by atoms with Crippen LogP contribution in [0, 0.1) is 5.92 Å². The Bertz CT molecular complexity index is 285. The smallest absolute Gasteiger partial charge is 0.410 e. The molecular weight excluding hydrogens is 205 g/mol. The summed E-state index contributed by atoms with van der Waals surface area (Å²) in [7, 11) is 5.24. The minimum Gasteiger partial charge on any atom is -0.444 e. The molecule has 1 aliphatic heterocycles. The Kier molecular flexibility index (Phi) is 4.00. The third-order valence-electron chi connectivity index (χ3n) is 2.48. The van der Waals surface area contributed by atoms with Crippen molar-refractivity contribution in [3.8, 4) is 0 Å². The molecule has 1 saturated heterocycles. The van der Waals surface area contributed by atoms with Crippen LogP contribution in [0.25, 0.3) is 0 Å². The summed E-state index contributed by atoms with van der Waals surface area (Å²) in [5, 5.41) is 0. The van der Waals surface area contributed by atoms with Crippen molar-refractivity contribution in [1.82, 2.24) is 4.90 Å². The zero-order chi connectivity index (χ0) is 12.3. The average molecular weight is 223 g/mol. The number of carbonyl (C=O) groups excluding carboxylic acids is 2. The molecule has 0 aromatic heterocycles. The zero-order valence-corrected chi connectivity index (χ0v) is 10.2. The van der Waals surface area contributed by atoms with Crippen molar-refractivity contribution in [3.05, 3.63) is 0 Å². The molecule has 0 saturated carbocycles. The number of hydrogen-bond donors (Lipinski definition) is 0. The summed E-state index contributed by atoms with van der Waals surface area (Å²) in [5.41, 5.74) is -0.843. The molecule has 0 aromatic rings. The highest BCUT2D eigenvalue weighted by Gasteiger charge is 2.28. The summed E-state index contributed by atoms with van der Waals surface area (Å²) in [6, 6.07) is 0. The molecule has 0 aromatic carbocycles. The van der Waals surface area contributed by atoms with Crippen LogP contribution in [0.3, 0.4) is 0 Å². The van der Waals surface area contributed by atoms with E-state index in [4.69, 9.17) is 12.6 Å². The van der Waals surface area contributed by atoms with E-state index in [2.05, 4.69) is 0 Å². The maximum Gasteiger partial charge on any atom is 0.410 e. The van der Waals surface area contributed by atoms with Crippen molar-refractivity contribution in [3.63, 3.8) is 0 Å². The molecule has 4 nitrogen and oxygen atoms in total. The highest BCUT2D eigenvalue weighted by molar-refractivity contribution is 6.58. The highest BCUT2D eigenvalue weighted by Crippen LogP contribution is 2.19. The first kappa shape index (κ1) is 13.1. The summed E-state index contributed by atoms with van der Waals surface area (Å²) in [6.45, 7) is 6.48. The van der Waals surface area contributed by atoms with E-state index in [-0.39, 0.29) is 17.7 Å². The van der Waals surface area contributed by atoms with Crippen molar-refractivity contribution in [2.24, 2.45) is 5.92 Å². The number of rotatable bonds is 1. The van der Waals surface area contributed by atoms with E-state index in [0.29, 0.717) is 13.1 Å². The number of piperidine rings is 1. The second-order valence-electron chi connectivity index (χ2n) is 5.17. The Labute approximate surface area is 97.7 Å². The predicted octanol–water partition coefficient (Wildman–Crippen LogP) is 1.33. The van der Waals surface area contributed by atoms with Gasteiger partial charge in [-0.1, -0.05) is 0 Å². The van der Waals surface area contributed by atoms with Crippen LogP contribution in [0.1, 0.15) is 33.6 Å². The van der Waals surface area contributed by atoms with E-state index in [0.717, 1.165) is 12.8 Å². The van der Waals surface area contributed by atoms with Gasteiger partial charge in [-0.25, -0.2) is 4.79 Å². The van der Waals surface area contributed by atoms with Crippen LogP contribution in [0.15, 0.2) is 0 Å². The van der Waals surface area contributed by atoms with Gasteiger partial charge in [0.2, 0.25) is 0 Å². The second-order valence-corrected chi connectivity index (χ2v) is 5.17. The molecule has 1 heterocycles. The lowest BCUT2D eigenvalue weighted by Crippen LogP contribution is -2.44. The summed E-state index contributed by atoms with van der Waals surface area (Å²) in [6.07, 6.45) is 1.19. The van der Waals surface area contributed by atoms with Gasteiger partial charge in [-0.15, -0.1) is 0 Å². The highest BCUT2D eigenvalue weighted by atomic mass is 16.6. The molecule has 1 atom stereocenters. The number of likely N-dealkylation sites (tertiary alicyclic amines) is 1. The minimum absolute atomic E-state index is 0.235. The summed E-state index contributed by atoms with van der Waals surface area (Å²) in [4.78, 5) is 24.3. The summed E-state index contributed by atoms with van der Waals surface area (Å²) < 4.78 is 5.24. The van der Waals surface area contributed by atoms with Gasteiger partial charge in [0.1, 0.15) is 5.60 Å². The van der Waals surface area contributed by atoms with Crippen molar-refractivity contribution in [2.45, 2.75) is 39.2 Å². The van der Waals surface area contributed by atoms with Crippen LogP contribution in [0.2, 0.25) is 0 Å². The Morgan fingerprint density at radius 2 is 2.00 bits per heavy atom. The summed E-state index contributed by atoms with van der Waals surface area (Å²) in [5.74, 6) is -0.235. The van der Waals surface area contributed by atoms with E-state index in [9.17, 15) is 9.59 Å². The normalized spacial score (nSPS) is 21.7. The lowest BCUT2D eigenvalue weighted by atomic mass is 9.84. The van der Waals surface area contributed by atoms with Gasteiger partial charge in [0.05, 0.1) is 5.68 Å². The molecule has 5 heteroatoms. The van der Waals surface area contributed by atoms with Crippen LogP contribution in [0.5, 0.6) is 0 Å². The Balaban J connectivity index is 2.54. The predicted molar refractivity (Wildman–Crippen MR) is 61.3 cm³/mol. The fourth-order valence-electron chi connectivity index (χ4n) is 1.70. The molecule has 1 aliphatic rings. The monoisotopic (exact) mass is 223 g/mol. The van der Waals surface area contributed by atoms with E-state index in [1.165, 1.54) is 0 Å². The molecule has 2 radical (unpaired) electrons. The van der Waals surface area contributed by atoms with Gasteiger partial charge < -0.3 is 14.4 Å².